The van der Waals surface area contributed by atoms with Gasteiger partial charge in [0, 0.05) is 10.2 Å². The Morgan fingerprint density at radius 2 is 2.29 bits per heavy atom. The quantitative estimate of drug-likeness (QED) is 0.503. The Balaban J connectivity index is 3.16. The molecular formula is C5H8Br2. The smallest absolute Gasteiger partial charge is 0.0422 e. The van der Waals surface area contributed by atoms with Crippen molar-refractivity contribution < 1.29 is 0 Å². The van der Waals surface area contributed by atoms with Gasteiger partial charge in [0.2, 0.25) is 0 Å². The maximum absolute atomic E-state index is 3.40. The molecule has 0 aromatic carbocycles. The van der Waals surface area contributed by atoms with Crippen LogP contribution in [0.2, 0.25) is 0 Å². The molecule has 0 aliphatic rings. The van der Waals surface area contributed by atoms with E-state index in [4.69, 9.17) is 0 Å². The van der Waals surface area contributed by atoms with Crippen LogP contribution in [0.1, 0.15) is 6.92 Å². The van der Waals surface area contributed by atoms with Crippen LogP contribution in [0.15, 0.2) is 12.2 Å². The SMILES string of the molecule is C/C=C/C(Br)CBr. The van der Waals surface area contributed by atoms with Crippen molar-refractivity contribution in [3.05, 3.63) is 12.2 Å². The lowest BCUT2D eigenvalue weighted by atomic mass is 10.4. The van der Waals surface area contributed by atoms with Crippen molar-refractivity contribution in [1.29, 1.82) is 0 Å². The molecule has 0 radical (unpaired) electrons. The summed E-state index contributed by atoms with van der Waals surface area (Å²) in [7, 11) is 0. The van der Waals surface area contributed by atoms with Crippen LogP contribution >= 0.6 is 31.9 Å². The first-order valence-electron chi connectivity index (χ1n) is 2.14. The predicted molar refractivity (Wildman–Crippen MR) is 41.3 cm³/mol. The lowest BCUT2D eigenvalue weighted by molar-refractivity contribution is 1.30. The Kier molecular flexibility index (Phi) is 5.33. The van der Waals surface area contributed by atoms with E-state index in [2.05, 4.69) is 37.9 Å². The van der Waals surface area contributed by atoms with Gasteiger partial charge in [0.1, 0.15) is 0 Å². The highest BCUT2D eigenvalue weighted by atomic mass is 79.9. The molecule has 0 amide bonds. The number of hydrogen-bond acceptors (Lipinski definition) is 0. The minimum absolute atomic E-state index is 0.498. The highest BCUT2D eigenvalue weighted by Crippen LogP contribution is 2.03. The maximum atomic E-state index is 3.40. The van der Waals surface area contributed by atoms with E-state index in [1.54, 1.807) is 0 Å². The second-order valence-corrected chi connectivity index (χ2v) is 3.02. The monoisotopic (exact) mass is 226 g/mol. The van der Waals surface area contributed by atoms with Gasteiger partial charge in [-0.05, 0) is 6.92 Å². The second-order valence-electron chi connectivity index (χ2n) is 1.20. The fraction of sp³-hybridized carbons (Fsp3) is 0.600. The predicted octanol–water partition coefficient (Wildman–Crippen LogP) is 2.72. The van der Waals surface area contributed by atoms with E-state index in [0.29, 0.717) is 4.83 Å². The second kappa shape index (κ2) is 4.85. The van der Waals surface area contributed by atoms with Crippen molar-refractivity contribution in [1.82, 2.24) is 0 Å². The van der Waals surface area contributed by atoms with Gasteiger partial charge in [0.25, 0.3) is 0 Å². The molecule has 0 N–H and O–H groups in total. The summed E-state index contributed by atoms with van der Waals surface area (Å²) in [6, 6.07) is 0. The van der Waals surface area contributed by atoms with E-state index in [1.165, 1.54) is 0 Å². The van der Waals surface area contributed by atoms with Gasteiger partial charge < -0.3 is 0 Å². The minimum atomic E-state index is 0.498. The number of rotatable bonds is 2. The summed E-state index contributed by atoms with van der Waals surface area (Å²) in [4.78, 5) is 0.498. The summed E-state index contributed by atoms with van der Waals surface area (Å²) in [6.07, 6.45) is 4.12. The summed E-state index contributed by atoms with van der Waals surface area (Å²) < 4.78 is 0. The van der Waals surface area contributed by atoms with Crippen LogP contribution in [0.5, 0.6) is 0 Å². The third-order valence-corrected chi connectivity index (χ3v) is 2.74. The highest BCUT2D eigenvalue weighted by Gasteiger charge is 1.90. The molecule has 42 valence electrons. The van der Waals surface area contributed by atoms with Gasteiger partial charge in [0.15, 0.2) is 0 Å². The average molecular weight is 228 g/mol. The van der Waals surface area contributed by atoms with Crippen LogP contribution in [0, 0.1) is 0 Å². The van der Waals surface area contributed by atoms with Crippen molar-refractivity contribution in [2.24, 2.45) is 0 Å². The van der Waals surface area contributed by atoms with E-state index >= 15 is 0 Å². The van der Waals surface area contributed by atoms with Gasteiger partial charge in [-0.15, -0.1) is 0 Å². The summed E-state index contributed by atoms with van der Waals surface area (Å²) in [6.45, 7) is 2.01. The zero-order valence-corrected chi connectivity index (χ0v) is 7.37. The Bertz CT molecular complexity index is 59.1. The number of halogens is 2. The van der Waals surface area contributed by atoms with Crippen LogP contribution in [-0.2, 0) is 0 Å². The highest BCUT2D eigenvalue weighted by molar-refractivity contribution is 9.12. The van der Waals surface area contributed by atoms with E-state index in [-0.39, 0.29) is 0 Å². The Morgan fingerprint density at radius 1 is 1.71 bits per heavy atom. The van der Waals surface area contributed by atoms with Gasteiger partial charge in [-0.2, -0.15) is 0 Å². The van der Waals surface area contributed by atoms with Crippen LogP contribution < -0.4 is 0 Å². The zero-order valence-electron chi connectivity index (χ0n) is 4.20. The molecule has 0 aromatic rings. The topological polar surface area (TPSA) is 0 Å². The third-order valence-electron chi connectivity index (χ3n) is 0.549. The van der Waals surface area contributed by atoms with Crippen molar-refractivity contribution in [2.45, 2.75) is 11.8 Å². The molecule has 0 aliphatic heterocycles. The third kappa shape index (κ3) is 4.56. The van der Waals surface area contributed by atoms with Crippen LogP contribution in [0.3, 0.4) is 0 Å². The average Bonchev–Trinajstić information content (AvgIpc) is 1.68. The van der Waals surface area contributed by atoms with Gasteiger partial charge >= 0.3 is 0 Å². The van der Waals surface area contributed by atoms with Crippen LogP contribution in [0.4, 0.5) is 0 Å². The standard InChI is InChI=1S/C5H8Br2/c1-2-3-5(7)4-6/h2-3,5H,4H2,1H3/b3-2+. The summed E-state index contributed by atoms with van der Waals surface area (Å²) in [5.74, 6) is 0. The fourth-order valence-electron chi connectivity index (χ4n) is 0.260. The van der Waals surface area contributed by atoms with Gasteiger partial charge in [-0.3, -0.25) is 0 Å². The van der Waals surface area contributed by atoms with E-state index < -0.39 is 0 Å². The van der Waals surface area contributed by atoms with E-state index in [1.807, 2.05) is 13.0 Å². The molecule has 0 saturated heterocycles. The van der Waals surface area contributed by atoms with E-state index in [9.17, 15) is 0 Å². The van der Waals surface area contributed by atoms with Crippen molar-refractivity contribution in [2.75, 3.05) is 5.33 Å². The summed E-state index contributed by atoms with van der Waals surface area (Å²) in [5, 5.41) is 0.983. The fourth-order valence-corrected chi connectivity index (χ4v) is 0.781. The first-order valence-corrected chi connectivity index (χ1v) is 4.17. The summed E-state index contributed by atoms with van der Waals surface area (Å²) in [5.41, 5.74) is 0. The van der Waals surface area contributed by atoms with Gasteiger partial charge in [0.05, 0.1) is 0 Å². The molecule has 0 bridgehead atoms. The molecule has 0 nitrogen and oxygen atoms in total. The lowest BCUT2D eigenvalue weighted by Gasteiger charge is -1.91. The number of alkyl halides is 2. The minimum Gasteiger partial charge on any atom is -0.0913 e. The van der Waals surface area contributed by atoms with Crippen molar-refractivity contribution in [3.63, 3.8) is 0 Å². The molecule has 0 spiro atoms. The zero-order chi connectivity index (χ0) is 5.70. The molecule has 2 heteroatoms. The molecular weight excluding hydrogens is 220 g/mol. The van der Waals surface area contributed by atoms with Crippen molar-refractivity contribution in [3.8, 4) is 0 Å². The van der Waals surface area contributed by atoms with Gasteiger partial charge in [-0.1, -0.05) is 44.0 Å². The molecule has 1 atom stereocenters. The Labute approximate surface area is 61.2 Å². The normalized spacial score (nSPS) is 15.3. The van der Waals surface area contributed by atoms with Crippen molar-refractivity contribution >= 4 is 31.9 Å². The molecule has 0 aromatic heterocycles. The Morgan fingerprint density at radius 3 is 2.43 bits per heavy atom. The van der Waals surface area contributed by atoms with Crippen LogP contribution in [-0.4, -0.2) is 10.2 Å². The largest absolute Gasteiger partial charge is 0.0913 e. The molecule has 0 rings (SSSR count). The first kappa shape index (κ1) is 7.70. The van der Waals surface area contributed by atoms with E-state index in [0.717, 1.165) is 5.33 Å². The van der Waals surface area contributed by atoms with Gasteiger partial charge in [-0.25, -0.2) is 0 Å². The first-order chi connectivity index (χ1) is 3.31. The summed E-state index contributed by atoms with van der Waals surface area (Å²) >= 11 is 6.72. The molecule has 0 saturated carbocycles. The Hall–Kier alpha value is 0.700. The molecule has 1 unspecified atom stereocenters. The van der Waals surface area contributed by atoms with Crippen LogP contribution in [0.25, 0.3) is 0 Å². The molecule has 7 heavy (non-hydrogen) atoms. The molecule has 0 aliphatic carbocycles. The maximum Gasteiger partial charge on any atom is 0.0422 e. The molecule has 0 fully saturated rings. The number of allylic oxidation sites excluding steroid dienone is 2. The lowest BCUT2D eigenvalue weighted by Crippen LogP contribution is -1.90. The molecule has 0 heterocycles. The number of hydrogen-bond donors (Lipinski definition) is 0.